The van der Waals surface area contributed by atoms with E-state index >= 15 is 0 Å². The Morgan fingerprint density at radius 1 is 1.24 bits per heavy atom. The number of nitrogens with two attached hydrogens (primary N) is 1. The Morgan fingerprint density at radius 2 is 2.00 bits per heavy atom. The smallest absolute Gasteiger partial charge is 0.254 e. The molecule has 0 aromatic heterocycles. The summed E-state index contributed by atoms with van der Waals surface area (Å²) in [6, 6.07) is 14.0. The van der Waals surface area contributed by atoms with Gasteiger partial charge < -0.3 is 10.6 Å². The van der Waals surface area contributed by atoms with Crippen LogP contribution in [0.25, 0.3) is 0 Å². The summed E-state index contributed by atoms with van der Waals surface area (Å²) in [6.07, 6.45) is 0.910. The van der Waals surface area contributed by atoms with Crippen LogP contribution in [0.2, 0.25) is 0 Å². The lowest BCUT2D eigenvalue weighted by Crippen LogP contribution is -2.39. The van der Waals surface area contributed by atoms with E-state index < -0.39 is 0 Å². The van der Waals surface area contributed by atoms with Crippen LogP contribution in [-0.2, 0) is 6.42 Å². The predicted molar refractivity (Wildman–Crippen MR) is 85.2 cm³/mol. The number of fused-ring (bicyclic) bond motifs is 1. The number of anilines is 1. The largest absolute Gasteiger partial charge is 0.399 e. The lowest BCUT2D eigenvalue weighted by Gasteiger charge is -2.35. The van der Waals surface area contributed by atoms with Crippen molar-refractivity contribution in [3.8, 4) is 0 Å². The Balaban J connectivity index is 1.95. The van der Waals surface area contributed by atoms with Crippen LogP contribution >= 0.6 is 0 Å². The first kappa shape index (κ1) is 13.7. The lowest BCUT2D eigenvalue weighted by molar-refractivity contribution is 0.0677. The molecule has 0 aliphatic carbocycles. The van der Waals surface area contributed by atoms with Crippen LogP contribution in [0.5, 0.6) is 0 Å². The molecule has 1 heterocycles. The minimum absolute atomic E-state index is 0.0711. The number of benzene rings is 2. The molecule has 1 atom stereocenters. The summed E-state index contributed by atoms with van der Waals surface area (Å²) in [4.78, 5) is 14.8. The van der Waals surface area contributed by atoms with E-state index in [1.54, 1.807) is 6.07 Å². The highest BCUT2D eigenvalue weighted by Gasteiger charge is 2.28. The zero-order valence-corrected chi connectivity index (χ0v) is 12.5. The highest BCUT2D eigenvalue weighted by molar-refractivity contribution is 5.97. The second-order valence-corrected chi connectivity index (χ2v) is 5.70. The Labute approximate surface area is 125 Å². The molecule has 2 aromatic carbocycles. The maximum Gasteiger partial charge on any atom is 0.254 e. The Morgan fingerprint density at radius 3 is 2.81 bits per heavy atom. The summed E-state index contributed by atoms with van der Waals surface area (Å²) in [5.74, 6) is 0.0711. The molecule has 108 valence electrons. The van der Waals surface area contributed by atoms with Crippen LogP contribution in [0.4, 0.5) is 5.69 Å². The predicted octanol–water partition coefficient (Wildman–Crippen LogP) is 3.34. The molecule has 1 aliphatic heterocycles. The van der Waals surface area contributed by atoms with Gasteiger partial charge in [0.1, 0.15) is 0 Å². The lowest BCUT2D eigenvalue weighted by atomic mass is 9.92. The molecule has 0 spiro atoms. The maximum absolute atomic E-state index is 12.9. The summed E-state index contributed by atoms with van der Waals surface area (Å²) in [5.41, 5.74) is 10.7. The highest BCUT2D eigenvalue weighted by Crippen LogP contribution is 2.31. The van der Waals surface area contributed by atoms with Gasteiger partial charge in [0.05, 0.1) is 6.04 Å². The first-order chi connectivity index (χ1) is 10.1. The molecule has 3 rings (SSSR count). The molecule has 21 heavy (non-hydrogen) atoms. The van der Waals surface area contributed by atoms with Gasteiger partial charge in [0, 0.05) is 17.8 Å². The fourth-order valence-corrected chi connectivity index (χ4v) is 3.07. The summed E-state index contributed by atoms with van der Waals surface area (Å²) in [7, 11) is 0. The molecule has 0 fully saturated rings. The number of nitrogens with zero attached hydrogens (tertiary/aromatic N) is 1. The average Bonchev–Trinajstić information content (AvgIpc) is 2.50. The van der Waals surface area contributed by atoms with Gasteiger partial charge in [-0.05, 0) is 49.1 Å². The van der Waals surface area contributed by atoms with E-state index in [-0.39, 0.29) is 11.9 Å². The Bertz CT molecular complexity index is 693. The van der Waals surface area contributed by atoms with E-state index in [0.29, 0.717) is 11.3 Å². The van der Waals surface area contributed by atoms with Crippen LogP contribution in [0.3, 0.4) is 0 Å². The van der Waals surface area contributed by atoms with Crippen molar-refractivity contribution in [2.45, 2.75) is 26.3 Å². The van der Waals surface area contributed by atoms with Gasteiger partial charge in [0.25, 0.3) is 5.91 Å². The van der Waals surface area contributed by atoms with Gasteiger partial charge in [-0.2, -0.15) is 0 Å². The van der Waals surface area contributed by atoms with Crippen molar-refractivity contribution in [3.05, 3.63) is 64.7 Å². The molecule has 3 nitrogen and oxygen atoms in total. The zero-order valence-electron chi connectivity index (χ0n) is 12.5. The van der Waals surface area contributed by atoms with Crippen LogP contribution in [0.15, 0.2) is 42.5 Å². The van der Waals surface area contributed by atoms with Crippen molar-refractivity contribution in [3.63, 3.8) is 0 Å². The quantitative estimate of drug-likeness (QED) is 0.814. The zero-order chi connectivity index (χ0) is 15.0. The fourth-order valence-electron chi connectivity index (χ4n) is 3.07. The SMILES string of the molecule is Cc1ccc(N)cc1C(=O)N1CCc2ccccc2C1C. The number of aryl methyl sites for hydroxylation is 1. The van der Waals surface area contributed by atoms with Crippen molar-refractivity contribution in [1.82, 2.24) is 4.90 Å². The van der Waals surface area contributed by atoms with Crippen LogP contribution in [-0.4, -0.2) is 17.4 Å². The standard InChI is InChI=1S/C18H20N2O/c1-12-7-8-15(19)11-17(12)18(21)20-10-9-14-5-3-4-6-16(14)13(20)2/h3-8,11,13H,9-10,19H2,1-2H3. The Hall–Kier alpha value is -2.29. The van der Waals surface area contributed by atoms with E-state index in [9.17, 15) is 4.79 Å². The summed E-state index contributed by atoms with van der Waals surface area (Å²) >= 11 is 0. The second-order valence-electron chi connectivity index (χ2n) is 5.70. The van der Waals surface area contributed by atoms with Crippen molar-refractivity contribution >= 4 is 11.6 Å². The van der Waals surface area contributed by atoms with Crippen molar-refractivity contribution in [2.24, 2.45) is 0 Å². The number of hydrogen-bond donors (Lipinski definition) is 1. The number of carbonyl (C=O) groups is 1. The molecule has 1 aliphatic rings. The summed E-state index contributed by atoms with van der Waals surface area (Å²) in [5, 5.41) is 0. The van der Waals surface area contributed by atoms with Gasteiger partial charge in [-0.3, -0.25) is 4.79 Å². The number of rotatable bonds is 1. The average molecular weight is 280 g/mol. The molecular formula is C18H20N2O. The van der Waals surface area contributed by atoms with Crippen molar-refractivity contribution < 1.29 is 4.79 Å². The molecule has 0 saturated heterocycles. The molecule has 3 heteroatoms. The van der Waals surface area contributed by atoms with Gasteiger partial charge in [0.2, 0.25) is 0 Å². The van der Waals surface area contributed by atoms with Gasteiger partial charge in [-0.25, -0.2) is 0 Å². The highest BCUT2D eigenvalue weighted by atomic mass is 16.2. The van der Waals surface area contributed by atoms with E-state index in [1.165, 1.54) is 11.1 Å². The number of amides is 1. The van der Waals surface area contributed by atoms with Crippen LogP contribution in [0, 0.1) is 6.92 Å². The monoisotopic (exact) mass is 280 g/mol. The minimum atomic E-state index is 0.0711. The van der Waals surface area contributed by atoms with Gasteiger partial charge >= 0.3 is 0 Å². The Kier molecular flexibility index (Phi) is 3.42. The van der Waals surface area contributed by atoms with E-state index in [2.05, 4.69) is 25.1 Å². The third-order valence-corrected chi connectivity index (χ3v) is 4.35. The molecule has 1 unspecified atom stereocenters. The van der Waals surface area contributed by atoms with E-state index in [1.807, 2.05) is 30.0 Å². The van der Waals surface area contributed by atoms with Crippen molar-refractivity contribution in [2.75, 3.05) is 12.3 Å². The van der Waals surface area contributed by atoms with Crippen LogP contribution in [0.1, 0.15) is 40.0 Å². The fraction of sp³-hybridized carbons (Fsp3) is 0.278. The second kappa shape index (κ2) is 5.24. The maximum atomic E-state index is 12.9. The number of carbonyl (C=O) groups excluding carboxylic acids is 1. The molecule has 0 saturated carbocycles. The molecule has 0 bridgehead atoms. The third kappa shape index (κ3) is 2.40. The minimum Gasteiger partial charge on any atom is -0.399 e. The first-order valence-corrected chi connectivity index (χ1v) is 7.33. The summed E-state index contributed by atoms with van der Waals surface area (Å²) in [6.45, 7) is 4.80. The van der Waals surface area contributed by atoms with Gasteiger partial charge in [-0.1, -0.05) is 30.3 Å². The van der Waals surface area contributed by atoms with Crippen LogP contribution < -0.4 is 5.73 Å². The number of hydrogen-bond acceptors (Lipinski definition) is 2. The third-order valence-electron chi connectivity index (χ3n) is 4.35. The normalized spacial score (nSPS) is 17.4. The van der Waals surface area contributed by atoms with Gasteiger partial charge in [-0.15, -0.1) is 0 Å². The molecule has 0 radical (unpaired) electrons. The molecule has 2 N–H and O–H groups in total. The van der Waals surface area contributed by atoms with Gasteiger partial charge in [0.15, 0.2) is 0 Å². The first-order valence-electron chi connectivity index (χ1n) is 7.33. The molecule has 1 amide bonds. The molecule has 2 aromatic rings. The van der Waals surface area contributed by atoms with E-state index in [0.717, 1.165) is 18.5 Å². The van der Waals surface area contributed by atoms with Crippen molar-refractivity contribution in [1.29, 1.82) is 0 Å². The number of nitrogen functional groups attached to an aromatic ring is 1. The topological polar surface area (TPSA) is 46.3 Å². The molecular weight excluding hydrogens is 260 g/mol. The van der Waals surface area contributed by atoms with E-state index in [4.69, 9.17) is 5.73 Å². The summed E-state index contributed by atoms with van der Waals surface area (Å²) < 4.78 is 0.